The van der Waals surface area contributed by atoms with E-state index in [1.165, 1.54) is 0 Å². The minimum absolute atomic E-state index is 0.117. The lowest BCUT2D eigenvalue weighted by molar-refractivity contribution is -0.00461. The number of anilines is 1. The van der Waals surface area contributed by atoms with E-state index in [9.17, 15) is 5.11 Å². The fourth-order valence-electron chi connectivity index (χ4n) is 2.55. The van der Waals surface area contributed by atoms with E-state index < -0.39 is 0 Å². The molecule has 1 heterocycles. The first-order valence-electron chi connectivity index (χ1n) is 6.78. The lowest BCUT2D eigenvalue weighted by atomic mass is 10.1. The molecule has 1 aromatic carbocycles. The van der Waals surface area contributed by atoms with Crippen LogP contribution in [0.4, 0.5) is 5.69 Å². The third-order valence-electron chi connectivity index (χ3n) is 3.85. The summed E-state index contributed by atoms with van der Waals surface area (Å²) >= 11 is 0. The van der Waals surface area contributed by atoms with E-state index >= 15 is 0 Å². The molecule has 4 nitrogen and oxygen atoms in total. The third-order valence-corrected chi connectivity index (χ3v) is 3.85. The highest BCUT2D eigenvalue weighted by Crippen LogP contribution is 2.25. The molecule has 0 aliphatic carbocycles. The van der Waals surface area contributed by atoms with Crippen LogP contribution in [0.1, 0.15) is 25.0 Å². The van der Waals surface area contributed by atoms with Crippen molar-refractivity contribution in [2.75, 3.05) is 32.2 Å². The van der Waals surface area contributed by atoms with Gasteiger partial charge in [-0.1, -0.05) is 19.1 Å². The highest BCUT2D eigenvalue weighted by molar-refractivity contribution is 5.49. The molecule has 0 saturated carbocycles. The molecule has 1 aromatic rings. The van der Waals surface area contributed by atoms with Gasteiger partial charge in [-0.15, -0.1) is 0 Å². The van der Waals surface area contributed by atoms with Crippen molar-refractivity contribution in [3.63, 3.8) is 0 Å². The zero-order chi connectivity index (χ0) is 13.8. The fraction of sp³-hybridized carbons (Fsp3) is 0.600. The van der Waals surface area contributed by atoms with Crippen molar-refractivity contribution in [2.45, 2.75) is 31.7 Å². The van der Waals surface area contributed by atoms with Crippen LogP contribution >= 0.6 is 0 Å². The summed E-state index contributed by atoms with van der Waals surface area (Å²) in [5.74, 6) is 0. The molecule has 19 heavy (non-hydrogen) atoms. The topological polar surface area (TPSA) is 41.9 Å². The number of aliphatic hydroxyl groups is 1. The Morgan fingerprint density at radius 1 is 1.16 bits per heavy atom. The van der Waals surface area contributed by atoms with Crippen LogP contribution in [0.5, 0.6) is 0 Å². The Morgan fingerprint density at radius 3 is 2.11 bits per heavy atom. The SMILES string of the molecule is CC[C@H](O)c1ccc(N2CC(OC)C(OC)C2)cc1. The smallest absolute Gasteiger partial charge is 0.102 e. The van der Waals surface area contributed by atoms with Gasteiger partial charge in [0.05, 0.1) is 6.10 Å². The van der Waals surface area contributed by atoms with Crippen LogP contribution in [0.2, 0.25) is 0 Å². The van der Waals surface area contributed by atoms with E-state index in [1.807, 2.05) is 19.1 Å². The first-order valence-corrected chi connectivity index (χ1v) is 6.78. The van der Waals surface area contributed by atoms with Gasteiger partial charge in [0.2, 0.25) is 0 Å². The molecule has 4 heteroatoms. The van der Waals surface area contributed by atoms with Crippen LogP contribution < -0.4 is 4.90 Å². The molecule has 0 spiro atoms. The van der Waals surface area contributed by atoms with Gasteiger partial charge in [0.15, 0.2) is 0 Å². The number of nitrogens with zero attached hydrogens (tertiary/aromatic N) is 1. The zero-order valence-corrected chi connectivity index (χ0v) is 11.9. The molecule has 3 atom stereocenters. The van der Waals surface area contributed by atoms with Gasteiger partial charge >= 0.3 is 0 Å². The maximum atomic E-state index is 9.79. The van der Waals surface area contributed by atoms with Gasteiger partial charge in [-0.3, -0.25) is 0 Å². The summed E-state index contributed by atoms with van der Waals surface area (Å²) in [6, 6.07) is 8.09. The second kappa shape index (κ2) is 6.37. The van der Waals surface area contributed by atoms with Crippen molar-refractivity contribution in [3.8, 4) is 0 Å². The molecule has 0 amide bonds. The second-order valence-corrected chi connectivity index (χ2v) is 4.97. The molecular weight excluding hydrogens is 242 g/mol. The molecule has 0 bridgehead atoms. The Morgan fingerprint density at radius 2 is 1.68 bits per heavy atom. The number of ether oxygens (including phenoxy) is 2. The summed E-state index contributed by atoms with van der Waals surface area (Å²) in [6.45, 7) is 3.65. The number of methoxy groups -OCH3 is 2. The first kappa shape index (κ1) is 14.3. The molecule has 2 unspecified atom stereocenters. The van der Waals surface area contributed by atoms with Gasteiger partial charge in [-0.25, -0.2) is 0 Å². The molecule has 106 valence electrons. The van der Waals surface area contributed by atoms with Crippen LogP contribution in [-0.2, 0) is 9.47 Å². The molecule has 1 aliphatic rings. The molecule has 1 aliphatic heterocycles. The Kier molecular flexibility index (Phi) is 4.80. The molecule has 1 saturated heterocycles. The monoisotopic (exact) mass is 265 g/mol. The predicted molar refractivity (Wildman–Crippen MR) is 75.5 cm³/mol. The maximum Gasteiger partial charge on any atom is 0.102 e. The number of hydrogen-bond acceptors (Lipinski definition) is 4. The number of rotatable bonds is 5. The van der Waals surface area contributed by atoms with Gasteiger partial charge in [0, 0.05) is 33.0 Å². The minimum atomic E-state index is -0.369. The van der Waals surface area contributed by atoms with Crippen molar-refractivity contribution in [2.24, 2.45) is 0 Å². The number of hydrogen-bond donors (Lipinski definition) is 1. The summed E-state index contributed by atoms with van der Waals surface area (Å²) in [4.78, 5) is 2.25. The lowest BCUT2D eigenvalue weighted by Crippen LogP contribution is -2.27. The van der Waals surface area contributed by atoms with Crippen molar-refractivity contribution >= 4 is 5.69 Å². The molecule has 0 aromatic heterocycles. The number of benzene rings is 1. The molecule has 1 fully saturated rings. The van der Waals surface area contributed by atoms with E-state index in [0.29, 0.717) is 0 Å². The van der Waals surface area contributed by atoms with Gasteiger partial charge in [-0.05, 0) is 24.1 Å². The minimum Gasteiger partial charge on any atom is -0.388 e. The molecule has 1 N–H and O–H groups in total. The van der Waals surface area contributed by atoms with Crippen LogP contribution in [0.3, 0.4) is 0 Å². The highest BCUT2D eigenvalue weighted by Gasteiger charge is 2.32. The summed E-state index contributed by atoms with van der Waals surface area (Å²) < 4.78 is 10.9. The molecular formula is C15H23NO3. The zero-order valence-electron chi connectivity index (χ0n) is 11.9. The van der Waals surface area contributed by atoms with E-state index in [1.54, 1.807) is 14.2 Å². The number of aliphatic hydroxyl groups excluding tert-OH is 1. The predicted octanol–water partition coefficient (Wildman–Crippen LogP) is 1.98. The Bertz CT molecular complexity index is 381. The van der Waals surface area contributed by atoms with Gasteiger partial charge < -0.3 is 19.5 Å². The quantitative estimate of drug-likeness (QED) is 0.884. The standard InChI is InChI=1S/C15H23NO3/c1-4-13(17)11-5-7-12(8-6-11)16-9-14(18-2)15(10-16)19-3/h5-8,13-15,17H,4,9-10H2,1-3H3/t13-,14?,15?/m0/s1. The van der Waals surface area contributed by atoms with Crippen molar-refractivity contribution < 1.29 is 14.6 Å². The first-order chi connectivity index (χ1) is 9.19. The summed E-state index contributed by atoms with van der Waals surface area (Å²) in [5.41, 5.74) is 2.12. The normalized spacial score (nSPS) is 24.7. The molecule has 2 rings (SSSR count). The fourth-order valence-corrected chi connectivity index (χ4v) is 2.55. The third kappa shape index (κ3) is 3.08. The Balaban J connectivity index is 2.07. The van der Waals surface area contributed by atoms with Crippen molar-refractivity contribution in [1.82, 2.24) is 0 Å². The lowest BCUT2D eigenvalue weighted by Gasteiger charge is -2.19. The largest absolute Gasteiger partial charge is 0.388 e. The van der Waals surface area contributed by atoms with E-state index in [2.05, 4.69) is 17.0 Å². The van der Waals surface area contributed by atoms with E-state index in [4.69, 9.17) is 9.47 Å². The van der Waals surface area contributed by atoms with Gasteiger partial charge in [-0.2, -0.15) is 0 Å². The highest BCUT2D eigenvalue weighted by atomic mass is 16.5. The average molecular weight is 265 g/mol. The maximum absolute atomic E-state index is 9.79. The van der Waals surface area contributed by atoms with Gasteiger partial charge in [0.1, 0.15) is 12.2 Å². The van der Waals surface area contributed by atoms with Crippen molar-refractivity contribution in [1.29, 1.82) is 0 Å². The van der Waals surface area contributed by atoms with Crippen LogP contribution in [0, 0.1) is 0 Å². The summed E-state index contributed by atoms with van der Waals surface area (Å²) in [5, 5.41) is 9.79. The van der Waals surface area contributed by atoms with E-state index in [0.717, 1.165) is 30.8 Å². The van der Waals surface area contributed by atoms with Crippen molar-refractivity contribution in [3.05, 3.63) is 29.8 Å². The summed E-state index contributed by atoms with van der Waals surface area (Å²) in [6.07, 6.45) is 0.600. The average Bonchev–Trinajstić information content (AvgIpc) is 2.89. The van der Waals surface area contributed by atoms with Crippen LogP contribution in [0.25, 0.3) is 0 Å². The Hall–Kier alpha value is -1.10. The second-order valence-electron chi connectivity index (χ2n) is 4.97. The Labute approximate surface area is 114 Å². The van der Waals surface area contributed by atoms with E-state index in [-0.39, 0.29) is 18.3 Å². The molecule has 0 radical (unpaired) electrons. The van der Waals surface area contributed by atoms with Crippen LogP contribution in [0.15, 0.2) is 24.3 Å². The van der Waals surface area contributed by atoms with Gasteiger partial charge in [0.25, 0.3) is 0 Å². The summed E-state index contributed by atoms with van der Waals surface area (Å²) in [7, 11) is 3.45. The van der Waals surface area contributed by atoms with Crippen LogP contribution in [-0.4, -0.2) is 44.6 Å².